The van der Waals surface area contributed by atoms with Crippen molar-refractivity contribution < 1.29 is 18.4 Å². The highest BCUT2D eigenvalue weighted by atomic mass is 35.5. The van der Waals surface area contributed by atoms with E-state index in [2.05, 4.69) is 25.8 Å². The molecule has 3 rings (SSSR count). The van der Waals surface area contributed by atoms with E-state index in [0.29, 0.717) is 17.8 Å². The van der Waals surface area contributed by atoms with Crippen molar-refractivity contribution in [2.24, 2.45) is 4.99 Å². The first kappa shape index (κ1) is 25.8. The molecule has 0 spiro atoms. The number of halogens is 4. The first-order valence-electron chi connectivity index (χ1n) is 9.32. The smallest absolute Gasteiger partial charge is 0.269 e. The molecule has 0 atom stereocenters. The van der Waals surface area contributed by atoms with Gasteiger partial charge >= 0.3 is 0 Å². The van der Waals surface area contributed by atoms with Crippen LogP contribution in [0.1, 0.15) is 26.4 Å². The van der Waals surface area contributed by atoms with Crippen LogP contribution in [0.3, 0.4) is 0 Å². The van der Waals surface area contributed by atoms with Crippen LogP contribution in [-0.4, -0.2) is 47.3 Å². The number of aromatic amines is 1. The maximum absolute atomic E-state index is 13.4. The summed E-state index contributed by atoms with van der Waals surface area (Å²) in [5.41, 5.74) is 1.34. The molecule has 0 aliphatic carbocycles. The number of nitrogens with one attached hydrogen (secondary N) is 3. The van der Waals surface area contributed by atoms with Gasteiger partial charge < -0.3 is 15.5 Å². The number of rotatable bonds is 7. The summed E-state index contributed by atoms with van der Waals surface area (Å²) in [5, 5.41) is 11.2. The molecule has 2 aromatic carbocycles. The van der Waals surface area contributed by atoms with Gasteiger partial charge in [-0.15, -0.1) is 12.4 Å². The number of amides is 2. The number of hydrogen-bond donors (Lipinski definition) is 3. The van der Waals surface area contributed by atoms with Crippen molar-refractivity contribution in [3.63, 3.8) is 0 Å². The van der Waals surface area contributed by atoms with Gasteiger partial charge in [-0.2, -0.15) is 5.10 Å². The van der Waals surface area contributed by atoms with E-state index in [1.165, 1.54) is 6.07 Å². The molecule has 0 fully saturated rings. The summed E-state index contributed by atoms with van der Waals surface area (Å²) >= 11 is 5.80. The Morgan fingerprint density at radius 3 is 2.58 bits per heavy atom. The zero-order valence-electron chi connectivity index (χ0n) is 17.5. The average Bonchev–Trinajstić information content (AvgIpc) is 3.22. The van der Waals surface area contributed by atoms with E-state index in [-0.39, 0.29) is 41.0 Å². The van der Waals surface area contributed by atoms with Crippen molar-refractivity contribution in [3.8, 4) is 0 Å². The molecule has 1 aromatic heterocycles. The van der Waals surface area contributed by atoms with Crippen LogP contribution in [-0.2, 0) is 6.54 Å². The van der Waals surface area contributed by atoms with E-state index in [0.717, 1.165) is 5.56 Å². The van der Waals surface area contributed by atoms with E-state index in [4.69, 9.17) is 11.6 Å². The molecule has 0 unspecified atom stereocenters. The van der Waals surface area contributed by atoms with Crippen LogP contribution in [0.4, 0.5) is 20.3 Å². The van der Waals surface area contributed by atoms with Gasteiger partial charge in [0.25, 0.3) is 11.8 Å². The van der Waals surface area contributed by atoms with Gasteiger partial charge in [0.05, 0.1) is 22.6 Å². The number of H-pyrrole nitrogens is 1. The van der Waals surface area contributed by atoms with Crippen LogP contribution in [0.25, 0.3) is 0 Å². The second kappa shape index (κ2) is 11.4. The van der Waals surface area contributed by atoms with E-state index in [9.17, 15) is 18.4 Å². The Kier molecular flexibility index (Phi) is 8.89. The molecule has 1 heterocycles. The minimum absolute atomic E-state index is 0. The topological polar surface area (TPSA) is 102 Å². The Bertz CT molecular complexity index is 1180. The molecule has 0 aliphatic rings. The number of hydrogen-bond acceptors (Lipinski definition) is 4. The maximum atomic E-state index is 13.4. The van der Waals surface area contributed by atoms with Gasteiger partial charge in [-0.05, 0) is 23.8 Å². The van der Waals surface area contributed by atoms with Crippen molar-refractivity contribution in [1.29, 1.82) is 0 Å². The number of nitrogens with zero attached hydrogens (tertiary/aromatic N) is 3. The zero-order chi connectivity index (χ0) is 23.3. The van der Waals surface area contributed by atoms with Crippen molar-refractivity contribution in [2.75, 3.05) is 19.4 Å². The monoisotopic (exact) mass is 496 g/mol. The van der Waals surface area contributed by atoms with Crippen molar-refractivity contribution in [3.05, 3.63) is 75.9 Å². The molecule has 3 N–H and O–H groups in total. The molecular formula is C21H20Cl2F2N6O2. The summed E-state index contributed by atoms with van der Waals surface area (Å²) in [6.45, 7) is 0.213. The second-order valence-corrected chi connectivity index (χ2v) is 7.29. The molecule has 0 saturated heterocycles. The van der Waals surface area contributed by atoms with Crippen molar-refractivity contribution >= 4 is 53.7 Å². The van der Waals surface area contributed by atoms with Crippen LogP contribution in [0.2, 0.25) is 5.02 Å². The molecule has 3 aromatic rings. The van der Waals surface area contributed by atoms with Gasteiger partial charge in [-0.1, -0.05) is 29.8 Å². The molecule has 8 nitrogen and oxygen atoms in total. The molecule has 12 heteroatoms. The number of para-hydroxylation sites is 1. The van der Waals surface area contributed by atoms with E-state index >= 15 is 0 Å². The molecule has 2 amide bonds. The highest BCUT2D eigenvalue weighted by Gasteiger charge is 2.17. The van der Waals surface area contributed by atoms with Crippen LogP contribution < -0.4 is 10.6 Å². The fraction of sp³-hybridized carbons (Fsp3) is 0.143. The normalized spacial score (nSPS) is 10.6. The minimum atomic E-state index is -1.21. The lowest BCUT2D eigenvalue weighted by Crippen LogP contribution is -2.23. The Morgan fingerprint density at radius 2 is 1.85 bits per heavy atom. The van der Waals surface area contributed by atoms with Gasteiger partial charge in [0.1, 0.15) is 5.69 Å². The molecule has 33 heavy (non-hydrogen) atoms. The molecule has 0 radical (unpaired) electrons. The average molecular weight is 497 g/mol. The van der Waals surface area contributed by atoms with Gasteiger partial charge in [0, 0.05) is 26.7 Å². The fourth-order valence-electron chi connectivity index (χ4n) is 2.62. The Morgan fingerprint density at radius 1 is 1.15 bits per heavy atom. The van der Waals surface area contributed by atoms with Gasteiger partial charge in [-0.3, -0.25) is 14.7 Å². The predicted octanol–water partition coefficient (Wildman–Crippen LogP) is 4.17. The number of aromatic nitrogens is 2. The quantitative estimate of drug-likeness (QED) is 0.259. The molecule has 0 aliphatic heterocycles. The summed E-state index contributed by atoms with van der Waals surface area (Å²) in [5.74, 6) is -3.64. The highest BCUT2D eigenvalue weighted by molar-refractivity contribution is 6.34. The van der Waals surface area contributed by atoms with Crippen LogP contribution in [0, 0.1) is 11.6 Å². The number of carbonyl (C=O) groups excluding carboxylic acids is 2. The largest absolute Gasteiger partial charge is 0.369 e. The Labute approximate surface area is 199 Å². The predicted molar refractivity (Wildman–Crippen MR) is 125 cm³/mol. The van der Waals surface area contributed by atoms with E-state index in [1.54, 1.807) is 11.2 Å². The third-order valence-corrected chi connectivity index (χ3v) is 4.49. The van der Waals surface area contributed by atoms with E-state index in [1.807, 2.05) is 38.4 Å². The maximum Gasteiger partial charge on any atom is 0.269 e. The van der Waals surface area contributed by atoms with Crippen molar-refractivity contribution in [2.45, 2.75) is 6.54 Å². The highest BCUT2D eigenvalue weighted by Crippen LogP contribution is 2.21. The molecule has 174 valence electrons. The van der Waals surface area contributed by atoms with Crippen molar-refractivity contribution in [1.82, 2.24) is 20.4 Å². The summed E-state index contributed by atoms with van der Waals surface area (Å²) < 4.78 is 26.6. The van der Waals surface area contributed by atoms with E-state index < -0.39 is 23.4 Å². The second-order valence-electron chi connectivity index (χ2n) is 6.89. The first-order chi connectivity index (χ1) is 15.2. The molecule has 0 saturated carbocycles. The molecule has 0 bridgehead atoms. The number of carbonyl (C=O) groups is 2. The summed E-state index contributed by atoms with van der Waals surface area (Å²) in [6, 6.07) is 10.0. The first-order valence-corrected chi connectivity index (χ1v) is 9.70. The standard InChI is InChI=1S/C21H19ClF2N6O2.ClH/c1-30(2)11-26-17-6-4-3-5-12(17)10-25-21(32)18-9-19(29-28-18)27-20(31)13-7-15(23)16(24)8-14(13)22;/h3-9,11H,10H2,1-2H3,(H,25,32)(H2,27,28,29,31);1H. The van der Waals surface area contributed by atoms with Gasteiger partial charge in [0.15, 0.2) is 17.5 Å². The lowest BCUT2D eigenvalue weighted by atomic mass is 10.2. The minimum Gasteiger partial charge on any atom is -0.369 e. The fourth-order valence-corrected chi connectivity index (χ4v) is 2.85. The van der Waals surface area contributed by atoms with Crippen LogP contribution >= 0.6 is 24.0 Å². The lowest BCUT2D eigenvalue weighted by molar-refractivity contribution is 0.0945. The summed E-state index contributed by atoms with van der Waals surface area (Å²) in [6.07, 6.45) is 1.66. The number of anilines is 1. The van der Waals surface area contributed by atoms with Crippen LogP contribution in [0.5, 0.6) is 0 Å². The number of benzene rings is 2. The zero-order valence-corrected chi connectivity index (χ0v) is 19.1. The number of aliphatic imine (C=N–C) groups is 1. The lowest BCUT2D eigenvalue weighted by Gasteiger charge is -2.08. The molecular weight excluding hydrogens is 477 g/mol. The summed E-state index contributed by atoms with van der Waals surface area (Å²) in [4.78, 5) is 30.9. The van der Waals surface area contributed by atoms with Gasteiger partial charge in [0.2, 0.25) is 0 Å². The Hall–Kier alpha value is -3.50. The SMILES string of the molecule is CN(C)C=Nc1ccccc1CNC(=O)c1cc(NC(=O)c2cc(F)c(F)cc2Cl)n[nH]1.Cl. The Balaban J connectivity index is 0.00000385. The van der Waals surface area contributed by atoms with Crippen LogP contribution in [0.15, 0.2) is 47.5 Å². The van der Waals surface area contributed by atoms with Gasteiger partial charge in [-0.25, -0.2) is 13.8 Å². The summed E-state index contributed by atoms with van der Waals surface area (Å²) in [7, 11) is 3.70. The third kappa shape index (κ3) is 6.74. The third-order valence-electron chi connectivity index (χ3n) is 4.18.